The SMILES string of the molecule is CC1(NCc2ccc(-c3ccc(Cl)cc3)cc2)CC(O)C=C[C@H]1O. The number of aliphatic hydroxyl groups excluding tert-OH is 2. The van der Waals surface area contributed by atoms with Gasteiger partial charge >= 0.3 is 0 Å². The van der Waals surface area contributed by atoms with Gasteiger partial charge in [0.1, 0.15) is 0 Å². The molecule has 2 aromatic carbocycles. The minimum absolute atomic E-state index is 0.494. The number of rotatable bonds is 4. The van der Waals surface area contributed by atoms with Gasteiger partial charge in [0.05, 0.1) is 12.2 Å². The van der Waals surface area contributed by atoms with Crippen LogP contribution in [0.5, 0.6) is 0 Å². The van der Waals surface area contributed by atoms with E-state index in [4.69, 9.17) is 11.6 Å². The third-order valence-corrected chi connectivity index (χ3v) is 4.88. The molecule has 2 unspecified atom stereocenters. The summed E-state index contributed by atoms with van der Waals surface area (Å²) in [5.74, 6) is 0. The van der Waals surface area contributed by atoms with E-state index in [-0.39, 0.29) is 0 Å². The van der Waals surface area contributed by atoms with Gasteiger partial charge in [-0.25, -0.2) is 0 Å². The summed E-state index contributed by atoms with van der Waals surface area (Å²) in [7, 11) is 0. The zero-order valence-electron chi connectivity index (χ0n) is 13.6. The van der Waals surface area contributed by atoms with E-state index in [9.17, 15) is 10.2 Å². The lowest BCUT2D eigenvalue weighted by Crippen LogP contribution is -2.54. The molecule has 24 heavy (non-hydrogen) atoms. The Labute approximate surface area is 147 Å². The summed E-state index contributed by atoms with van der Waals surface area (Å²) in [5, 5.41) is 24.1. The molecule has 0 radical (unpaired) electrons. The highest BCUT2D eigenvalue weighted by Gasteiger charge is 2.35. The van der Waals surface area contributed by atoms with Crippen molar-refractivity contribution in [3.63, 3.8) is 0 Å². The molecule has 1 aliphatic carbocycles. The number of halogens is 1. The summed E-state index contributed by atoms with van der Waals surface area (Å²) < 4.78 is 0. The molecule has 3 rings (SSSR count). The Morgan fingerprint density at radius 3 is 2.21 bits per heavy atom. The van der Waals surface area contributed by atoms with E-state index in [1.807, 2.05) is 31.2 Å². The molecule has 126 valence electrons. The van der Waals surface area contributed by atoms with E-state index in [2.05, 4.69) is 29.6 Å². The average Bonchev–Trinajstić information content (AvgIpc) is 2.58. The first-order valence-corrected chi connectivity index (χ1v) is 8.48. The minimum atomic E-state index is -0.603. The van der Waals surface area contributed by atoms with E-state index in [1.165, 1.54) is 0 Å². The van der Waals surface area contributed by atoms with Crippen LogP contribution < -0.4 is 5.32 Å². The first kappa shape index (κ1) is 17.2. The molecule has 2 aromatic rings. The molecule has 3 nitrogen and oxygen atoms in total. The third kappa shape index (κ3) is 3.87. The molecule has 4 heteroatoms. The lowest BCUT2D eigenvalue weighted by molar-refractivity contribution is 0.0543. The molecule has 0 bridgehead atoms. The zero-order valence-corrected chi connectivity index (χ0v) is 14.4. The van der Waals surface area contributed by atoms with Gasteiger partial charge < -0.3 is 15.5 Å². The van der Waals surface area contributed by atoms with Crippen LogP contribution in [0.15, 0.2) is 60.7 Å². The van der Waals surface area contributed by atoms with Crippen LogP contribution in [0, 0.1) is 0 Å². The average molecular weight is 344 g/mol. The summed E-state index contributed by atoms with van der Waals surface area (Å²) in [4.78, 5) is 0. The lowest BCUT2D eigenvalue weighted by Gasteiger charge is -2.38. The van der Waals surface area contributed by atoms with Crippen LogP contribution in [0.25, 0.3) is 11.1 Å². The van der Waals surface area contributed by atoms with Crippen molar-refractivity contribution in [2.24, 2.45) is 0 Å². The van der Waals surface area contributed by atoms with Crippen LogP contribution >= 0.6 is 11.6 Å². The van der Waals surface area contributed by atoms with Crippen LogP contribution in [0.4, 0.5) is 0 Å². The minimum Gasteiger partial charge on any atom is -0.389 e. The molecule has 0 heterocycles. The van der Waals surface area contributed by atoms with Crippen LogP contribution in [-0.4, -0.2) is 28.0 Å². The molecule has 0 fully saturated rings. The largest absolute Gasteiger partial charge is 0.389 e. The molecular weight excluding hydrogens is 322 g/mol. The molecule has 3 N–H and O–H groups in total. The maximum absolute atomic E-state index is 10.2. The Kier molecular flexibility index (Phi) is 5.07. The summed E-state index contributed by atoms with van der Waals surface area (Å²) in [6.07, 6.45) is 2.68. The highest BCUT2D eigenvalue weighted by molar-refractivity contribution is 6.30. The number of hydrogen-bond donors (Lipinski definition) is 3. The standard InChI is InChI=1S/C20H22ClNO2/c1-20(12-18(23)10-11-19(20)24)22-13-14-2-4-15(5-3-14)16-6-8-17(21)9-7-16/h2-11,18-19,22-24H,12-13H2,1H3/t18?,19-,20?/m1/s1. The molecule has 0 spiro atoms. The monoisotopic (exact) mass is 343 g/mol. The number of benzene rings is 2. The summed E-state index contributed by atoms with van der Waals surface area (Å²) >= 11 is 5.92. The van der Waals surface area contributed by atoms with Crippen molar-refractivity contribution in [1.82, 2.24) is 5.32 Å². The Morgan fingerprint density at radius 1 is 1.00 bits per heavy atom. The van der Waals surface area contributed by atoms with E-state index in [0.717, 1.165) is 21.7 Å². The second kappa shape index (κ2) is 7.08. The van der Waals surface area contributed by atoms with E-state index >= 15 is 0 Å². The fourth-order valence-corrected chi connectivity index (χ4v) is 3.13. The molecule has 0 saturated carbocycles. The Balaban J connectivity index is 1.66. The van der Waals surface area contributed by atoms with Gasteiger partial charge in [0.15, 0.2) is 0 Å². The molecule has 1 aliphatic rings. The van der Waals surface area contributed by atoms with Crippen molar-refractivity contribution in [1.29, 1.82) is 0 Å². The second-order valence-corrected chi connectivity index (χ2v) is 7.01. The highest BCUT2D eigenvalue weighted by atomic mass is 35.5. The van der Waals surface area contributed by atoms with Crippen LogP contribution in [-0.2, 0) is 6.54 Å². The predicted molar refractivity (Wildman–Crippen MR) is 97.9 cm³/mol. The highest BCUT2D eigenvalue weighted by Crippen LogP contribution is 2.25. The topological polar surface area (TPSA) is 52.5 Å². The van der Waals surface area contributed by atoms with Crippen LogP contribution in [0.2, 0.25) is 5.02 Å². The van der Waals surface area contributed by atoms with Gasteiger partial charge in [-0.15, -0.1) is 0 Å². The number of nitrogens with one attached hydrogen (secondary N) is 1. The fraction of sp³-hybridized carbons (Fsp3) is 0.300. The summed E-state index contributed by atoms with van der Waals surface area (Å²) in [6, 6.07) is 16.1. The Bertz CT molecular complexity index is 711. The van der Waals surface area contributed by atoms with E-state index < -0.39 is 17.7 Å². The Morgan fingerprint density at radius 2 is 1.58 bits per heavy atom. The number of hydrogen-bond acceptors (Lipinski definition) is 3. The quantitative estimate of drug-likeness (QED) is 0.744. The predicted octanol–water partition coefficient (Wildman–Crippen LogP) is 3.54. The van der Waals surface area contributed by atoms with Crippen molar-refractivity contribution in [2.75, 3.05) is 0 Å². The summed E-state index contributed by atoms with van der Waals surface area (Å²) in [5.41, 5.74) is 2.87. The van der Waals surface area contributed by atoms with Crippen molar-refractivity contribution in [3.8, 4) is 11.1 Å². The molecule has 0 aliphatic heterocycles. The van der Waals surface area contributed by atoms with Crippen molar-refractivity contribution in [2.45, 2.75) is 37.6 Å². The van der Waals surface area contributed by atoms with E-state index in [0.29, 0.717) is 13.0 Å². The smallest absolute Gasteiger partial charge is 0.0901 e. The van der Waals surface area contributed by atoms with Gasteiger partial charge in [-0.2, -0.15) is 0 Å². The van der Waals surface area contributed by atoms with Crippen LogP contribution in [0.1, 0.15) is 18.9 Å². The first-order chi connectivity index (χ1) is 11.5. The van der Waals surface area contributed by atoms with Gasteiger partial charge in [-0.1, -0.05) is 60.2 Å². The maximum atomic E-state index is 10.2. The third-order valence-electron chi connectivity index (χ3n) is 4.63. The van der Waals surface area contributed by atoms with E-state index in [1.54, 1.807) is 12.2 Å². The van der Waals surface area contributed by atoms with Gasteiger partial charge in [-0.05, 0) is 42.2 Å². The zero-order chi connectivity index (χ0) is 17.2. The van der Waals surface area contributed by atoms with Gasteiger partial charge in [0.25, 0.3) is 0 Å². The normalized spacial score (nSPS) is 26.5. The van der Waals surface area contributed by atoms with Crippen molar-refractivity contribution < 1.29 is 10.2 Å². The lowest BCUT2D eigenvalue weighted by atomic mass is 9.83. The van der Waals surface area contributed by atoms with Gasteiger partial charge in [0, 0.05) is 17.1 Å². The van der Waals surface area contributed by atoms with Crippen molar-refractivity contribution >= 4 is 11.6 Å². The second-order valence-electron chi connectivity index (χ2n) is 6.58. The maximum Gasteiger partial charge on any atom is 0.0901 e. The van der Waals surface area contributed by atoms with Crippen molar-refractivity contribution in [3.05, 3.63) is 71.3 Å². The van der Waals surface area contributed by atoms with Gasteiger partial charge in [0.2, 0.25) is 0 Å². The molecule has 0 amide bonds. The Hall–Kier alpha value is -1.65. The van der Waals surface area contributed by atoms with Gasteiger partial charge in [-0.3, -0.25) is 0 Å². The molecule has 3 atom stereocenters. The summed E-state index contributed by atoms with van der Waals surface area (Å²) in [6.45, 7) is 2.57. The first-order valence-electron chi connectivity index (χ1n) is 8.11. The molecular formula is C20H22ClNO2. The fourth-order valence-electron chi connectivity index (χ4n) is 3.01. The van der Waals surface area contributed by atoms with Crippen LogP contribution in [0.3, 0.4) is 0 Å². The molecule has 0 aromatic heterocycles. The molecule has 0 saturated heterocycles. The number of aliphatic hydroxyl groups is 2.